The number of hydrogen-bond donors (Lipinski definition) is 0. The van der Waals surface area contributed by atoms with Gasteiger partial charge < -0.3 is 4.90 Å². The molecule has 9 aromatic rings. The van der Waals surface area contributed by atoms with Crippen LogP contribution in [0.15, 0.2) is 182 Å². The fourth-order valence-electron chi connectivity index (χ4n) is 6.84. The van der Waals surface area contributed by atoms with Gasteiger partial charge in [0.25, 0.3) is 0 Å². The second-order valence-electron chi connectivity index (χ2n) is 12.0. The normalized spacial score (nSPS) is 11.3. The summed E-state index contributed by atoms with van der Waals surface area (Å²) in [5.41, 5.74) is 10.6. The van der Waals surface area contributed by atoms with Gasteiger partial charge in [-0.05, 0) is 98.8 Å². The first-order valence-electron chi connectivity index (χ1n) is 16.2. The molecule has 0 bridgehead atoms. The molecule has 3 heteroatoms. The van der Waals surface area contributed by atoms with Crippen molar-refractivity contribution in [3.05, 3.63) is 182 Å². The molecule has 0 atom stereocenters. The van der Waals surface area contributed by atoms with E-state index in [4.69, 9.17) is 0 Å². The summed E-state index contributed by atoms with van der Waals surface area (Å²) in [5.74, 6) is 0. The minimum atomic E-state index is 1.08. The molecule has 0 aliphatic rings. The molecule has 2 aromatic heterocycles. The second kappa shape index (κ2) is 12.0. The number of benzene rings is 7. The Kier molecular flexibility index (Phi) is 7.03. The van der Waals surface area contributed by atoms with E-state index in [1.165, 1.54) is 59.6 Å². The largest absolute Gasteiger partial charge is 0.311 e. The van der Waals surface area contributed by atoms with Crippen LogP contribution in [-0.4, -0.2) is 4.98 Å². The summed E-state index contributed by atoms with van der Waals surface area (Å²) in [5, 5.41) is 5.00. The molecule has 48 heavy (non-hydrogen) atoms. The number of fused-ring (bicyclic) bond motifs is 4. The van der Waals surface area contributed by atoms with Crippen LogP contribution in [-0.2, 0) is 0 Å². The first-order valence-corrected chi connectivity index (χ1v) is 17.0. The molecule has 0 N–H and O–H groups in total. The predicted molar refractivity (Wildman–Crippen MR) is 206 cm³/mol. The maximum absolute atomic E-state index is 4.64. The number of pyridine rings is 1. The number of hydrogen-bond acceptors (Lipinski definition) is 3. The van der Waals surface area contributed by atoms with Gasteiger partial charge in [0.15, 0.2) is 0 Å². The zero-order valence-corrected chi connectivity index (χ0v) is 26.9. The number of nitrogens with zero attached hydrogens (tertiary/aromatic N) is 2. The van der Waals surface area contributed by atoms with Gasteiger partial charge in [-0.2, -0.15) is 0 Å². The molecule has 2 heterocycles. The van der Waals surface area contributed by atoms with Crippen LogP contribution in [0.25, 0.3) is 64.5 Å². The Balaban J connectivity index is 1.13. The summed E-state index contributed by atoms with van der Waals surface area (Å²) in [6.45, 7) is 0. The summed E-state index contributed by atoms with van der Waals surface area (Å²) in [6.07, 6.45) is 1.88. The standard InChI is InChI=1S/C45H30N2S/c1-2-9-31(10-3-1)32-18-24-36(25-19-32)47(37-26-20-34(21-27-37)40-14-6-12-33-11-4-5-13-39(33)40)38-28-22-35(23-29-38)41-15-7-17-43-44(41)42-16-8-30-46-45(42)48-43/h1-30H. The fourth-order valence-corrected chi connectivity index (χ4v) is 7.91. The summed E-state index contributed by atoms with van der Waals surface area (Å²) >= 11 is 1.75. The Morgan fingerprint density at radius 3 is 1.67 bits per heavy atom. The molecule has 0 unspecified atom stereocenters. The van der Waals surface area contributed by atoms with E-state index in [-0.39, 0.29) is 0 Å². The van der Waals surface area contributed by atoms with Crippen LogP contribution >= 0.6 is 11.3 Å². The van der Waals surface area contributed by atoms with Crippen LogP contribution in [0.4, 0.5) is 17.1 Å². The maximum Gasteiger partial charge on any atom is 0.124 e. The van der Waals surface area contributed by atoms with E-state index < -0.39 is 0 Å². The van der Waals surface area contributed by atoms with E-state index in [1.807, 2.05) is 12.3 Å². The minimum Gasteiger partial charge on any atom is -0.311 e. The second-order valence-corrected chi connectivity index (χ2v) is 13.0. The molecule has 9 rings (SSSR count). The lowest BCUT2D eigenvalue weighted by atomic mass is 9.98. The maximum atomic E-state index is 4.64. The van der Waals surface area contributed by atoms with Gasteiger partial charge in [0.2, 0.25) is 0 Å². The Morgan fingerprint density at radius 2 is 0.938 bits per heavy atom. The minimum absolute atomic E-state index is 1.08. The number of thiophene rings is 1. The molecular weight excluding hydrogens is 601 g/mol. The zero-order valence-electron chi connectivity index (χ0n) is 26.1. The highest BCUT2D eigenvalue weighted by Gasteiger charge is 2.16. The van der Waals surface area contributed by atoms with E-state index in [1.54, 1.807) is 11.3 Å². The summed E-state index contributed by atoms with van der Waals surface area (Å²) in [6, 6.07) is 63.3. The van der Waals surface area contributed by atoms with Gasteiger partial charge in [-0.1, -0.05) is 121 Å². The number of anilines is 3. The molecule has 7 aromatic carbocycles. The Labute approximate surface area is 283 Å². The van der Waals surface area contributed by atoms with Gasteiger partial charge in [-0.3, -0.25) is 0 Å². The SMILES string of the molecule is c1ccc(-c2ccc(N(c3ccc(-c4cccc5ccccc45)cc3)c3ccc(-c4cccc5sc6ncccc6c45)cc3)cc2)cc1. The lowest BCUT2D eigenvalue weighted by molar-refractivity contribution is 1.28. The molecular formula is C45H30N2S. The predicted octanol–water partition coefficient (Wildman–Crippen LogP) is 13.1. The van der Waals surface area contributed by atoms with Gasteiger partial charge in [-0.15, -0.1) is 11.3 Å². The van der Waals surface area contributed by atoms with E-state index in [0.717, 1.165) is 21.9 Å². The summed E-state index contributed by atoms with van der Waals surface area (Å²) in [7, 11) is 0. The number of aromatic nitrogens is 1. The molecule has 0 spiro atoms. The van der Waals surface area contributed by atoms with Crippen molar-refractivity contribution >= 4 is 59.5 Å². The molecule has 0 fully saturated rings. The molecule has 2 nitrogen and oxygen atoms in total. The molecule has 226 valence electrons. The summed E-state index contributed by atoms with van der Waals surface area (Å²) in [4.78, 5) is 8.06. The third kappa shape index (κ3) is 5.02. The lowest BCUT2D eigenvalue weighted by Crippen LogP contribution is -2.09. The van der Waals surface area contributed by atoms with Crippen molar-refractivity contribution in [2.45, 2.75) is 0 Å². The van der Waals surface area contributed by atoms with Crippen molar-refractivity contribution in [3.8, 4) is 33.4 Å². The molecule has 0 saturated heterocycles. The van der Waals surface area contributed by atoms with Crippen molar-refractivity contribution < 1.29 is 0 Å². The lowest BCUT2D eigenvalue weighted by Gasteiger charge is -2.26. The molecule has 0 aliphatic heterocycles. The van der Waals surface area contributed by atoms with Crippen molar-refractivity contribution in [3.63, 3.8) is 0 Å². The third-order valence-electron chi connectivity index (χ3n) is 9.17. The van der Waals surface area contributed by atoms with Crippen LogP contribution in [0.2, 0.25) is 0 Å². The van der Waals surface area contributed by atoms with Gasteiger partial charge in [0.1, 0.15) is 4.83 Å². The van der Waals surface area contributed by atoms with Crippen molar-refractivity contribution in [2.75, 3.05) is 4.90 Å². The highest BCUT2D eigenvalue weighted by Crippen LogP contribution is 2.41. The molecule has 0 aliphatic carbocycles. The summed E-state index contributed by atoms with van der Waals surface area (Å²) < 4.78 is 1.26. The van der Waals surface area contributed by atoms with E-state index >= 15 is 0 Å². The van der Waals surface area contributed by atoms with Gasteiger partial charge >= 0.3 is 0 Å². The van der Waals surface area contributed by atoms with Crippen LogP contribution in [0.5, 0.6) is 0 Å². The average Bonchev–Trinajstić information content (AvgIpc) is 3.55. The molecule has 0 saturated carbocycles. The third-order valence-corrected chi connectivity index (χ3v) is 10.2. The van der Waals surface area contributed by atoms with E-state index in [0.29, 0.717) is 0 Å². The van der Waals surface area contributed by atoms with Crippen molar-refractivity contribution in [2.24, 2.45) is 0 Å². The Bertz CT molecular complexity index is 2530. The van der Waals surface area contributed by atoms with Crippen LogP contribution in [0.3, 0.4) is 0 Å². The highest BCUT2D eigenvalue weighted by atomic mass is 32.1. The van der Waals surface area contributed by atoms with Gasteiger partial charge in [0, 0.05) is 38.7 Å². The Morgan fingerprint density at radius 1 is 0.396 bits per heavy atom. The van der Waals surface area contributed by atoms with Crippen LogP contribution < -0.4 is 4.90 Å². The van der Waals surface area contributed by atoms with Crippen LogP contribution in [0, 0.1) is 0 Å². The van der Waals surface area contributed by atoms with E-state index in [2.05, 4.69) is 180 Å². The quantitative estimate of drug-likeness (QED) is 0.182. The highest BCUT2D eigenvalue weighted by molar-refractivity contribution is 7.25. The van der Waals surface area contributed by atoms with E-state index in [9.17, 15) is 0 Å². The van der Waals surface area contributed by atoms with Gasteiger partial charge in [-0.25, -0.2) is 4.98 Å². The average molecular weight is 631 g/mol. The van der Waals surface area contributed by atoms with Gasteiger partial charge in [0.05, 0.1) is 0 Å². The Hall–Kier alpha value is -6.03. The fraction of sp³-hybridized carbons (Fsp3) is 0. The van der Waals surface area contributed by atoms with Crippen molar-refractivity contribution in [1.29, 1.82) is 0 Å². The van der Waals surface area contributed by atoms with Crippen molar-refractivity contribution in [1.82, 2.24) is 4.98 Å². The monoisotopic (exact) mass is 630 g/mol. The first-order chi connectivity index (χ1) is 23.8. The topological polar surface area (TPSA) is 16.1 Å². The first kappa shape index (κ1) is 28.2. The zero-order chi connectivity index (χ0) is 31.9. The van der Waals surface area contributed by atoms with Crippen LogP contribution in [0.1, 0.15) is 0 Å². The number of rotatable bonds is 6. The molecule has 0 radical (unpaired) electrons. The molecule has 0 amide bonds. The smallest absolute Gasteiger partial charge is 0.124 e.